The van der Waals surface area contributed by atoms with Crippen molar-refractivity contribution in [3.8, 4) is 11.5 Å². The Bertz CT molecular complexity index is 655. The highest BCUT2D eigenvalue weighted by molar-refractivity contribution is 5.79. The number of hydrogen-bond acceptors (Lipinski definition) is 5. The van der Waals surface area contributed by atoms with Gasteiger partial charge in [-0.25, -0.2) is 0 Å². The number of aliphatic imine (C=N–C) groups is 1. The average molecular weight is 302 g/mol. The van der Waals surface area contributed by atoms with Crippen molar-refractivity contribution in [1.82, 2.24) is 15.4 Å². The van der Waals surface area contributed by atoms with E-state index in [4.69, 9.17) is 14.0 Å². The van der Waals surface area contributed by atoms with Crippen LogP contribution < -0.4 is 14.8 Å². The molecule has 2 heterocycles. The van der Waals surface area contributed by atoms with Crippen molar-refractivity contribution >= 4 is 5.96 Å². The zero-order chi connectivity index (χ0) is 15.4. The van der Waals surface area contributed by atoms with Crippen LogP contribution >= 0.6 is 0 Å². The number of nitrogens with one attached hydrogen (secondary N) is 1. The lowest BCUT2D eigenvalue weighted by Crippen LogP contribution is -2.38. The molecule has 0 bridgehead atoms. The summed E-state index contributed by atoms with van der Waals surface area (Å²) in [6.07, 6.45) is 1.55. The lowest BCUT2D eigenvalue weighted by molar-refractivity contribution is 0.174. The maximum atomic E-state index is 5.40. The summed E-state index contributed by atoms with van der Waals surface area (Å²) >= 11 is 0. The van der Waals surface area contributed by atoms with Gasteiger partial charge in [-0.15, -0.1) is 0 Å². The maximum Gasteiger partial charge on any atom is 0.231 e. The maximum absolute atomic E-state index is 5.40. The molecule has 0 amide bonds. The first-order valence-corrected chi connectivity index (χ1v) is 6.96. The molecule has 0 unspecified atom stereocenters. The van der Waals surface area contributed by atoms with Gasteiger partial charge in [-0.05, 0) is 17.7 Å². The number of fused-ring (bicyclic) bond motifs is 1. The summed E-state index contributed by atoms with van der Waals surface area (Å²) in [7, 11) is 3.73. The zero-order valence-corrected chi connectivity index (χ0v) is 12.6. The second kappa shape index (κ2) is 6.38. The van der Waals surface area contributed by atoms with Crippen molar-refractivity contribution < 1.29 is 14.0 Å². The van der Waals surface area contributed by atoms with Crippen LogP contribution in [-0.2, 0) is 13.1 Å². The molecule has 1 aliphatic rings. The first-order chi connectivity index (χ1) is 10.8. The molecule has 1 aliphatic heterocycles. The molecular weight excluding hydrogens is 284 g/mol. The van der Waals surface area contributed by atoms with Gasteiger partial charge in [0.1, 0.15) is 12.0 Å². The summed E-state index contributed by atoms with van der Waals surface area (Å²) in [5, 5.41) is 7.11. The van der Waals surface area contributed by atoms with Gasteiger partial charge >= 0.3 is 0 Å². The van der Waals surface area contributed by atoms with Gasteiger partial charge in [0.05, 0.1) is 6.54 Å². The number of aromatic nitrogens is 1. The van der Waals surface area contributed by atoms with Crippen LogP contribution in [0.1, 0.15) is 11.3 Å². The number of ether oxygens (including phenoxy) is 2. The summed E-state index contributed by atoms with van der Waals surface area (Å²) in [5.74, 6) is 2.36. The topological polar surface area (TPSA) is 72.1 Å². The largest absolute Gasteiger partial charge is 0.454 e. The fraction of sp³-hybridized carbons (Fsp3) is 0.333. The van der Waals surface area contributed by atoms with Gasteiger partial charge in [-0.2, -0.15) is 0 Å². The summed E-state index contributed by atoms with van der Waals surface area (Å²) in [6.45, 7) is 1.55. The standard InChI is InChI=1S/C15H18N4O3/c1-16-15(17-8-12-5-6-22-18-12)19(2)9-11-3-4-13-14(7-11)21-10-20-13/h3-7H,8-10H2,1-2H3,(H,16,17). The number of benzene rings is 1. The number of nitrogens with zero attached hydrogens (tertiary/aromatic N) is 3. The van der Waals surface area contributed by atoms with Crippen molar-refractivity contribution in [2.24, 2.45) is 4.99 Å². The van der Waals surface area contributed by atoms with E-state index in [1.807, 2.05) is 36.2 Å². The minimum Gasteiger partial charge on any atom is -0.454 e. The van der Waals surface area contributed by atoms with Crippen molar-refractivity contribution in [2.45, 2.75) is 13.1 Å². The monoisotopic (exact) mass is 302 g/mol. The molecule has 0 atom stereocenters. The minimum atomic E-state index is 0.287. The quantitative estimate of drug-likeness (QED) is 0.683. The summed E-state index contributed by atoms with van der Waals surface area (Å²) < 4.78 is 15.5. The fourth-order valence-corrected chi connectivity index (χ4v) is 2.27. The van der Waals surface area contributed by atoms with E-state index in [-0.39, 0.29) is 6.79 Å². The molecule has 7 heteroatoms. The molecule has 116 valence electrons. The summed E-state index contributed by atoms with van der Waals surface area (Å²) in [4.78, 5) is 6.30. The van der Waals surface area contributed by atoms with Crippen molar-refractivity contribution in [3.05, 3.63) is 41.8 Å². The minimum absolute atomic E-state index is 0.287. The number of hydrogen-bond donors (Lipinski definition) is 1. The highest BCUT2D eigenvalue weighted by Crippen LogP contribution is 2.32. The third-order valence-corrected chi connectivity index (χ3v) is 3.35. The Labute approximate surface area is 128 Å². The van der Waals surface area contributed by atoms with E-state index in [1.165, 1.54) is 0 Å². The van der Waals surface area contributed by atoms with Gasteiger partial charge in [0.2, 0.25) is 6.79 Å². The SMILES string of the molecule is CN=C(NCc1ccon1)N(C)Cc1ccc2c(c1)OCO2. The molecule has 1 N–H and O–H groups in total. The molecule has 0 spiro atoms. The molecule has 2 aromatic rings. The van der Waals surface area contributed by atoms with Gasteiger partial charge in [-0.3, -0.25) is 4.99 Å². The van der Waals surface area contributed by atoms with Gasteiger partial charge in [0.15, 0.2) is 17.5 Å². The lowest BCUT2D eigenvalue weighted by atomic mass is 10.2. The third-order valence-electron chi connectivity index (χ3n) is 3.35. The van der Waals surface area contributed by atoms with Crippen molar-refractivity contribution in [1.29, 1.82) is 0 Å². The molecule has 1 aromatic heterocycles. The van der Waals surface area contributed by atoms with E-state index in [0.717, 1.165) is 28.7 Å². The molecule has 3 rings (SSSR count). The van der Waals surface area contributed by atoms with E-state index < -0.39 is 0 Å². The van der Waals surface area contributed by atoms with E-state index in [2.05, 4.69) is 15.5 Å². The van der Waals surface area contributed by atoms with Gasteiger partial charge in [-0.1, -0.05) is 11.2 Å². The molecule has 1 aromatic carbocycles. The molecule has 0 saturated heterocycles. The van der Waals surface area contributed by atoms with Crippen LogP contribution in [-0.4, -0.2) is 36.9 Å². The predicted octanol–water partition coefficient (Wildman–Crippen LogP) is 1.61. The molecule has 22 heavy (non-hydrogen) atoms. The Kier molecular flexibility index (Phi) is 4.13. The molecule has 0 aliphatic carbocycles. The van der Waals surface area contributed by atoms with E-state index in [9.17, 15) is 0 Å². The molecular formula is C15H18N4O3. The normalized spacial score (nSPS) is 13.3. The van der Waals surface area contributed by atoms with E-state index in [0.29, 0.717) is 13.1 Å². The van der Waals surface area contributed by atoms with Gasteiger partial charge in [0.25, 0.3) is 0 Å². The summed E-state index contributed by atoms with van der Waals surface area (Å²) in [6, 6.07) is 7.76. The first-order valence-electron chi connectivity index (χ1n) is 6.96. The smallest absolute Gasteiger partial charge is 0.231 e. The molecule has 0 saturated carbocycles. The van der Waals surface area contributed by atoms with Crippen molar-refractivity contribution in [3.63, 3.8) is 0 Å². The molecule has 0 radical (unpaired) electrons. The second-order valence-electron chi connectivity index (χ2n) is 4.94. The Balaban J connectivity index is 1.60. The second-order valence-corrected chi connectivity index (χ2v) is 4.94. The lowest BCUT2D eigenvalue weighted by Gasteiger charge is -2.22. The van der Waals surface area contributed by atoms with Crippen LogP contribution in [0.3, 0.4) is 0 Å². The number of rotatable bonds is 4. The Morgan fingerprint density at radius 2 is 2.18 bits per heavy atom. The fourth-order valence-electron chi connectivity index (χ4n) is 2.27. The average Bonchev–Trinajstić information content (AvgIpc) is 3.18. The third kappa shape index (κ3) is 3.13. The van der Waals surface area contributed by atoms with Crippen LogP contribution in [0.2, 0.25) is 0 Å². The van der Waals surface area contributed by atoms with Crippen LogP contribution in [0.4, 0.5) is 0 Å². The molecule has 7 nitrogen and oxygen atoms in total. The molecule has 0 fully saturated rings. The van der Waals surface area contributed by atoms with Crippen LogP contribution in [0, 0.1) is 0 Å². The Morgan fingerprint density at radius 3 is 2.95 bits per heavy atom. The highest BCUT2D eigenvalue weighted by Gasteiger charge is 2.14. The predicted molar refractivity (Wildman–Crippen MR) is 80.7 cm³/mol. The van der Waals surface area contributed by atoms with E-state index in [1.54, 1.807) is 13.3 Å². The van der Waals surface area contributed by atoms with Crippen LogP contribution in [0.15, 0.2) is 40.0 Å². The number of guanidine groups is 1. The van der Waals surface area contributed by atoms with Gasteiger partial charge in [0, 0.05) is 26.7 Å². The van der Waals surface area contributed by atoms with Gasteiger partial charge < -0.3 is 24.2 Å². The zero-order valence-electron chi connectivity index (χ0n) is 12.6. The van der Waals surface area contributed by atoms with E-state index >= 15 is 0 Å². The first kappa shape index (κ1) is 14.2. The van der Waals surface area contributed by atoms with Crippen molar-refractivity contribution in [2.75, 3.05) is 20.9 Å². The Morgan fingerprint density at radius 1 is 1.32 bits per heavy atom. The van der Waals surface area contributed by atoms with Crippen LogP contribution in [0.5, 0.6) is 11.5 Å². The highest BCUT2D eigenvalue weighted by atomic mass is 16.7. The van der Waals surface area contributed by atoms with Crippen LogP contribution in [0.25, 0.3) is 0 Å². The summed E-state index contributed by atoms with van der Waals surface area (Å²) in [5.41, 5.74) is 1.95. The Hall–Kier alpha value is -2.70.